The number of hydrogen-bond acceptors (Lipinski definition) is 5. The minimum Gasteiger partial charge on any atom is -0.490 e. The fourth-order valence-corrected chi connectivity index (χ4v) is 5.61. The topological polar surface area (TPSA) is 55.8 Å². The van der Waals surface area contributed by atoms with Gasteiger partial charge in [0.25, 0.3) is 0 Å². The van der Waals surface area contributed by atoms with Crippen LogP contribution in [0.25, 0.3) is 0 Å². The molecule has 0 N–H and O–H groups in total. The maximum Gasteiger partial charge on any atom is 0.165 e. The Balaban J connectivity index is 1.57. The second-order valence-electron chi connectivity index (χ2n) is 7.14. The highest BCUT2D eigenvalue weighted by Crippen LogP contribution is 2.38. The molecule has 132 valence electrons. The predicted octanol–water partition coefficient (Wildman–Crippen LogP) is 2.25. The Hall–Kier alpha value is -1.27. The van der Waals surface area contributed by atoms with Crippen molar-refractivity contribution in [1.82, 2.24) is 4.90 Å². The minimum atomic E-state index is -2.90. The summed E-state index contributed by atoms with van der Waals surface area (Å²) in [5.74, 6) is 2.76. The van der Waals surface area contributed by atoms with Gasteiger partial charge < -0.3 is 9.47 Å². The first kappa shape index (κ1) is 16.2. The SMILES string of the molecule is O=S1(=O)CCN(Cc2cccc3c2OCCCO3)C(C2CCC2)C1. The fourth-order valence-electron chi connectivity index (χ4n) is 3.92. The van der Waals surface area contributed by atoms with Crippen LogP contribution in [-0.2, 0) is 16.4 Å². The molecule has 4 rings (SSSR count). The molecule has 1 aromatic carbocycles. The molecule has 0 spiro atoms. The van der Waals surface area contributed by atoms with Crippen molar-refractivity contribution < 1.29 is 17.9 Å². The van der Waals surface area contributed by atoms with Gasteiger partial charge in [-0.3, -0.25) is 4.90 Å². The molecule has 2 heterocycles. The van der Waals surface area contributed by atoms with Crippen molar-refractivity contribution >= 4 is 9.84 Å². The molecular formula is C18H25NO4S. The highest BCUT2D eigenvalue weighted by molar-refractivity contribution is 7.91. The lowest BCUT2D eigenvalue weighted by atomic mass is 9.79. The number of nitrogens with zero attached hydrogens (tertiary/aromatic N) is 1. The normalized spacial score (nSPS) is 27.2. The minimum absolute atomic E-state index is 0.153. The van der Waals surface area contributed by atoms with Gasteiger partial charge in [0.1, 0.15) is 0 Å². The van der Waals surface area contributed by atoms with Gasteiger partial charge >= 0.3 is 0 Å². The van der Waals surface area contributed by atoms with E-state index < -0.39 is 9.84 Å². The standard InChI is InChI=1S/C18H25NO4S/c20-24(21)11-8-19(16(13-24)14-4-1-5-14)12-15-6-2-7-17-18(15)23-10-3-9-22-17/h2,6-7,14,16H,1,3-5,8-13H2. The Labute approximate surface area is 143 Å². The third-order valence-corrected chi connectivity index (χ3v) is 7.16. The molecule has 0 amide bonds. The van der Waals surface area contributed by atoms with Crippen LogP contribution in [0.1, 0.15) is 31.2 Å². The molecule has 2 aliphatic heterocycles. The Morgan fingerprint density at radius 1 is 1.12 bits per heavy atom. The molecular weight excluding hydrogens is 326 g/mol. The number of rotatable bonds is 3. The monoisotopic (exact) mass is 351 g/mol. The highest BCUT2D eigenvalue weighted by atomic mass is 32.2. The van der Waals surface area contributed by atoms with Gasteiger partial charge in [-0.2, -0.15) is 0 Å². The Morgan fingerprint density at radius 2 is 1.96 bits per heavy atom. The van der Waals surface area contributed by atoms with Crippen molar-refractivity contribution in [1.29, 1.82) is 0 Å². The number of hydrogen-bond donors (Lipinski definition) is 0. The van der Waals surface area contributed by atoms with Crippen LogP contribution in [-0.4, -0.2) is 50.6 Å². The summed E-state index contributed by atoms with van der Waals surface area (Å²) in [5.41, 5.74) is 1.11. The van der Waals surface area contributed by atoms with E-state index in [9.17, 15) is 8.42 Å². The first-order valence-electron chi connectivity index (χ1n) is 8.94. The van der Waals surface area contributed by atoms with Crippen LogP contribution in [0.4, 0.5) is 0 Å². The summed E-state index contributed by atoms with van der Waals surface area (Å²) in [6, 6.07) is 6.19. The van der Waals surface area contributed by atoms with Crippen LogP contribution in [0.5, 0.6) is 11.5 Å². The van der Waals surface area contributed by atoms with Crippen LogP contribution < -0.4 is 9.47 Å². The summed E-state index contributed by atoms with van der Waals surface area (Å²) >= 11 is 0. The quantitative estimate of drug-likeness (QED) is 0.836. The first-order valence-corrected chi connectivity index (χ1v) is 10.8. The molecule has 1 aliphatic carbocycles. The van der Waals surface area contributed by atoms with Gasteiger partial charge in [-0.05, 0) is 24.8 Å². The van der Waals surface area contributed by atoms with Gasteiger partial charge in [-0.15, -0.1) is 0 Å². The van der Waals surface area contributed by atoms with Crippen LogP contribution in [0.2, 0.25) is 0 Å². The molecule has 1 atom stereocenters. The number of benzene rings is 1. The molecule has 0 radical (unpaired) electrons. The molecule has 3 aliphatic rings. The third-order valence-electron chi connectivity index (χ3n) is 5.50. The summed E-state index contributed by atoms with van der Waals surface area (Å²) in [7, 11) is -2.90. The van der Waals surface area contributed by atoms with Crippen molar-refractivity contribution in [2.24, 2.45) is 5.92 Å². The second kappa shape index (κ2) is 6.56. The first-order chi connectivity index (χ1) is 11.6. The van der Waals surface area contributed by atoms with Gasteiger partial charge in [-0.1, -0.05) is 18.6 Å². The van der Waals surface area contributed by atoms with E-state index in [1.165, 1.54) is 6.42 Å². The van der Waals surface area contributed by atoms with E-state index in [2.05, 4.69) is 11.0 Å². The van der Waals surface area contributed by atoms with E-state index in [1.54, 1.807) is 0 Å². The van der Waals surface area contributed by atoms with Crippen LogP contribution in [0.15, 0.2) is 18.2 Å². The second-order valence-corrected chi connectivity index (χ2v) is 9.37. The van der Waals surface area contributed by atoms with Gasteiger partial charge in [0.15, 0.2) is 21.3 Å². The van der Waals surface area contributed by atoms with Crippen molar-refractivity contribution in [3.63, 3.8) is 0 Å². The van der Waals surface area contributed by atoms with E-state index in [0.29, 0.717) is 31.4 Å². The van der Waals surface area contributed by atoms with Crippen molar-refractivity contribution in [3.8, 4) is 11.5 Å². The average Bonchev–Trinajstić information content (AvgIpc) is 2.74. The molecule has 2 fully saturated rings. The zero-order valence-electron chi connectivity index (χ0n) is 13.9. The highest BCUT2D eigenvalue weighted by Gasteiger charge is 2.38. The molecule has 5 nitrogen and oxygen atoms in total. The lowest BCUT2D eigenvalue weighted by Crippen LogP contribution is -2.52. The van der Waals surface area contributed by atoms with E-state index in [0.717, 1.165) is 42.9 Å². The number of fused-ring (bicyclic) bond motifs is 1. The molecule has 1 saturated heterocycles. The summed E-state index contributed by atoms with van der Waals surface area (Å²) in [6.07, 6.45) is 4.43. The average molecular weight is 351 g/mol. The van der Waals surface area contributed by atoms with E-state index >= 15 is 0 Å². The van der Waals surface area contributed by atoms with Crippen LogP contribution >= 0.6 is 0 Å². The Morgan fingerprint density at radius 3 is 2.75 bits per heavy atom. The molecule has 24 heavy (non-hydrogen) atoms. The number of sulfone groups is 1. The van der Waals surface area contributed by atoms with Gasteiger partial charge in [0.05, 0.1) is 24.7 Å². The fraction of sp³-hybridized carbons (Fsp3) is 0.667. The zero-order valence-corrected chi connectivity index (χ0v) is 14.8. The molecule has 1 aromatic rings. The summed E-state index contributed by atoms with van der Waals surface area (Å²) < 4.78 is 35.9. The van der Waals surface area contributed by atoms with E-state index in [-0.39, 0.29) is 11.8 Å². The summed E-state index contributed by atoms with van der Waals surface area (Å²) in [6.45, 7) is 2.71. The van der Waals surface area contributed by atoms with E-state index in [1.807, 2.05) is 12.1 Å². The molecule has 1 saturated carbocycles. The van der Waals surface area contributed by atoms with Gasteiger partial charge in [-0.25, -0.2) is 8.42 Å². The zero-order chi connectivity index (χ0) is 16.6. The summed E-state index contributed by atoms with van der Waals surface area (Å²) in [4.78, 5) is 2.36. The Kier molecular flexibility index (Phi) is 4.43. The lowest BCUT2D eigenvalue weighted by Gasteiger charge is -2.43. The van der Waals surface area contributed by atoms with Gasteiger partial charge in [0, 0.05) is 31.1 Å². The Bertz CT molecular complexity index is 699. The largest absolute Gasteiger partial charge is 0.490 e. The predicted molar refractivity (Wildman–Crippen MR) is 92.2 cm³/mol. The van der Waals surface area contributed by atoms with Gasteiger partial charge in [0.2, 0.25) is 0 Å². The van der Waals surface area contributed by atoms with Crippen LogP contribution in [0.3, 0.4) is 0 Å². The molecule has 0 bridgehead atoms. The summed E-state index contributed by atoms with van der Waals surface area (Å²) in [5, 5.41) is 0. The smallest absolute Gasteiger partial charge is 0.165 e. The molecule has 6 heteroatoms. The number of para-hydroxylation sites is 1. The maximum atomic E-state index is 12.1. The maximum absolute atomic E-state index is 12.1. The van der Waals surface area contributed by atoms with Crippen LogP contribution in [0, 0.1) is 5.92 Å². The molecule has 0 aromatic heterocycles. The lowest BCUT2D eigenvalue weighted by molar-refractivity contribution is 0.102. The number of ether oxygens (including phenoxy) is 2. The van der Waals surface area contributed by atoms with Crippen molar-refractivity contribution in [3.05, 3.63) is 23.8 Å². The van der Waals surface area contributed by atoms with Crippen molar-refractivity contribution in [2.75, 3.05) is 31.3 Å². The van der Waals surface area contributed by atoms with Crippen molar-refractivity contribution in [2.45, 2.75) is 38.3 Å². The third kappa shape index (κ3) is 3.26. The van der Waals surface area contributed by atoms with E-state index in [4.69, 9.17) is 9.47 Å². The molecule has 1 unspecified atom stereocenters.